The van der Waals surface area contributed by atoms with Gasteiger partial charge in [0.15, 0.2) is 5.65 Å². The number of hydrogen-bond donors (Lipinski definition) is 0. The maximum absolute atomic E-state index is 12.6. The fourth-order valence-electron chi connectivity index (χ4n) is 3.04. The van der Waals surface area contributed by atoms with E-state index in [2.05, 4.69) is 10.1 Å². The Morgan fingerprint density at radius 3 is 2.72 bits per heavy atom. The first-order valence-corrected chi connectivity index (χ1v) is 9.57. The highest BCUT2D eigenvalue weighted by Gasteiger charge is 2.22. The summed E-state index contributed by atoms with van der Waals surface area (Å²) in [5.41, 5.74) is 1.97. The topological polar surface area (TPSA) is 78.2 Å². The van der Waals surface area contributed by atoms with E-state index in [0.29, 0.717) is 31.2 Å². The van der Waals surface area contributed by atoms with Gasteiger partial charge in [-0.15, -0.1) is 0 Å². The summed E-state index contributed by atoms with van der Waals surface area (Å²) in [5.74, 6) is 1.20. The van der Waals surface area contributed by atoms with E-state index in [9.17, 15) is 4.79 Å². The number of carbonyl (C=O) groups excluding carboxylic acids is 1. The molecule has 1 aromatic carbocycles. The molecule has 3 heterocycles. The fourth-order valence-corrected chi connectivity index (χ4v) is 3.04. The zero-order chi connectivity index (χ0) is 20.4. The number of benzene rings is 1. The predicted molar refractivity (Wildman–Crippen MR) is 107 cm³/mol. The van der Waals surface area contributed by atoms with Crippen molar-refractivity contribution in [1.29, 1.82) is 0 Å². The van der Waals surface area contributed by atoms with Crippen LogP contribution in [0.25, 0.3) is 16.8 Å². The van der Waals surface area contributed by atoms with E-state index in [-0.39, 0.29) is 6.61 Å². The van der Waals surface area contributed by atoms with Crippen molar-refractivity contribution in [3.8, 4) is 22.8 Å². The van der Waals surface area contributed by atoms with E-state index in [1.165, 1.54) is 0 Å². The first-order valence-electron chi connectivity index (χ1n) is 9.57. The lowest BCUT2D eigenvalue weighted by molar-refractivity contribution is 0.0201. The quantitative estimate of drug-likeness (QED) is 0.580. The molecular formula is C21H24N4O4. The van der Waals surface area contributed by atoms with Crippen molar-refractivity contribution in [3.05, 3.63) is 42.7 Å². The third kappa shape index (κ3) is 4.42. The second kappa shape index (κ2) is 7.62. The molecule has 152 valence electrons. The monoisotopic (exact) mass is 396 g/mol. The molecule has 0 unspecified atom stereocenters. The van der Waals surface area contributed by atoms with Crippen molar-refractivity contribution in [2.45, 2.75) is 26.4 Å². The van der Waals surface area contributed by atoms with E-state index in [1.807, 2.05) is 45.0 Å². The number of ether oxygens (including phenoxy) is 3. The Morgan fingerprint density at radius 1 is 1.14 bits per heavy atom. The highest BCUT2D eigenvalue weighted by molar-refractivity contribution is 5.77. The minimum Gasteiger partial charge on any atom is -0.492 e. The average molecular weight is 396 g/mol. The molecule has 3 aromatic rings. The maximum atomic E-state index is 12.6. The van der Waals surface area contributed by atoms with Crippen LogP contribution in [0.4, 0.5) is 4.79 Å². The van der Waals surface area contributed by atoms with Gasteiger partial charge in [0.05, 0.1) is 19.3 Å². The van der Waals surface area contributed by atoms with Gasteiger partial charge in [0, 0.05) is 17.8 Å². The fraction of sp³-hybridized carbons (Fsp3) is 0.381. The lowest BCUT2D eigenvalue weighted by Gasteiger charge is -2.27. The molecule has 1 aliphatic rings. The third-order valence-electron chi connectivity index (χ3n) is 4.38. The summed E-state index contributed by atoms with van der Waals surface area (Å²) in [6.45, 7) is 6.90. The van der Waals surface area contributed by atoms with Crippen LogP contribution in [0.2, 0.25) is 0 Å². The molecule has 29 heavy (non-hydrogen) atoms. The number of aromatic nitrogens is 3. The number of carbonyl (C=O) groups is 1. The van der Waals surface area contributed by atoms with Crippen LogP contribution < -0.4 is 9.47 Å². The van der Waals surface area contributed by atoms with Crippen molar-refractivity contribution < 1.29 is 19.0 Å². The second-order valence-electron chi connectivity index (χ2n) is 7.78. The van der Waals surface area contributed by atoms with Gasteiger partial charge in [-0.05, 0) is 38.5 Å². The molecule has 0 fully saturated rings. The van der Waals surface area contributed by atoms with E-state index in [4.69, 9.17) is 14.2 Å². The van der Waals surface area contributed by atoms with Crippen LogP contribution >= 0.6 is 0 Å². The van der Waals surface area contributed by atoms with Crippen LogP contribution in [0.3, 0.4) is 0 Å². The van der Waals surface area contributed by atoms with E-state index >= 15 is 0 Å². The first-order chi connectivity index (χ1) is 13.9. The Balaban J connectivity index is 1.65. The minimum absolute atomic E-state index is 0.289. The van der Waals surface area contributed by atoms with Crippen LogP contribution in [-0.4, -0.2) is 57.5 Å². The molecule has 8 heteroatoms. The SMILES string of the molecule is CC(C)(C)OC(=O)N1CCOc2cccc(c2)-c2cnn3ccc(nc23)OCC1. The smallest absolute Gasteiger partial charge is 0.410 e. The largest absolute Gasteiger partial charge is 0.492 e. The molecule has 0 spiro atoms. The Hall–Kier alpha value is -3.29. The minimum atomic E-state index is -0.572. The number of hydrogen-bond acceptors (Lipinski definition) is 6. The summed E-state index contributed by atoms with van der Waals surface area (Å²) in [4.78, 5) is 18.7. The van der Waals surface area contributed by atoms with E-state index < -0.39 is 11.7 Å². The van der Waals surface area contributed by atoms with Crippen LogP contribution in [-0.2, 0) is 4.74 Å². The van der Waals surface area contributed by atoms with Crippen LogP contribution in [0.1, 0.15) is 20.8 Å². The molecule has 8 nitrogen and oxygen atoms in total. The summed E-state index contributed by atoms with van der Waals surface area (Å²) in [5, 5.41) is 4.36. The summed E-state index contributed by atoms with van der Waals surface area (Å²) >= 11 is 0. The molecule has 0 atom stereocenters. The standard InChI is InChI=1S/C21H24N4O4/c1-21(2,3)29-20(26)24-9-11-27-16-6-4-5-15(13-16)17-14-22-25-8-7-18(23-19(17)25)28-12-10-24/h4-8,13-14H,9-12H2,1-3H3. The molecule has 2 aromatic heterocycles. The van der Waals surface area contributed by atoms with Crippen molar-refractivity contribution in [2.75, 3.05) is 26.3 Å². The van der Waals surface area contributed by atoms with Gasteiger partial charge < -0.3 is 19.1 Å². The van der Waals surface area contributed by atoms with Gasteiger partial charge in [0.25, 0.3) is 0 Å². The van der Waals surface area contributed by atoms with Crippen LogP contribution in [0.5, 0.6) is 11.6 Å². The van der Waals surface area contributed by atoms with Gasteiger partial charge in [0.1, 0.15) is 24.6 Å². The zero-order valence-electron chi connectivity index (χ0n) is 16.8. The lowest BCUT2D eigenvalue weighted by atomic mass is 10.1. The first kappa shape index (κ1) is 19.0. The van der Waals surface area contributed by atoms with Crippen molar-refractivity contribution in [3.63, 3.8) is 0 Å². The Labute approximate surface area is 169 Å². The summed E-state index contributed by atoms with van der Waals surface area (Å²) in [6.07, 6.45) is 3.19. The highest BCUT2D eigenvalue weighted by atomic mass is 16.6. The van der Waals surface area contributed by atoms with Crippen molar-refractivity contribution >= 4 is 11.7 Å². The maximum Gasteiger partial charge on any atom is 0.410 e. The highest BCUT2D eigenvalue weighted by Crippen LogP contribution is 2.28. The van der Waals surface area contributed by atoms with Crippen molar-refractivity contribution in [2.24, 2.45) is 0 Å². The summed E-state index contributed by atoms with van der Waals surface area (Å²) in [7, 11) is 0. The van der Waals surface area contributed by atoms with Gasteiger partial charge in [-0.1, -0.05) is 12.1 Å². The zero-order valence-corrected chi connectivity index (χ0v) is 16.8. The number of fused-ring (bicyclic) bond motifs is 4. The lowest BCUT2D eigenvalue weighted by Crippen LogP contribution is -2.41. The molecule has 0 radical (unpaired) electrons. The number of rotatable bonds is 0. The Bertz CT molecular complexity index is 1020. The Morgan fingerprint density at radius 2 is 1.93 bits per heavy atom. The molecule has 0 aliphatic carbocycles. The van der Waals surface area contributed by atoms with Gasteiger partial charge in [-0.3, -0.25) is 0 Å². The average Bonchev–Trinajstić information content (AvgIpc) is 3.08. The normalized spacial score (nSPS) is 14.8. The molecule has 0 N–H and O–H groups in total. The predicted octanol–water partition coefficient (Wildman–Crippen LogP) is 3.40. The third-order valence-corrected chi connectivity index (χ3v) is 4.38. The molecular weight excluding hydrogens is 372 g/mol. The molecule has 0 saturated heterocycles. The van der Waals surface area contributed by atoms with Gasteiger partial charge in [-0.25, -0.2) is 9.31 Å². The molecule has 1 aliphatic heterocycles. The number of amides is 1. The molecule has 0 saturated carbocycles. The van der Waals surface area contributed by atoms with E-state index in [1.54, 1.807) is 27.9 Å². The van der Waals surface area contributed by atoms with Gasteiger partial charge >= 0.3 is 6.09 Å². The summed E-state index contributed by atoms with van der Waals surface area (Å²) < 4.78 is 18.9. The summed E-state index contributed by atoms with van der Waals surface area (Å²) in [6, 6.07) is 9.49. The van der Waals surface area contributed by atoms with Crippen LogP contribution in [0, 0.1) is 0 Å². The van der Waals surface area contributed by atoms with Gasteiger partial charge in [-0.2, -0.15) is 10.1 Å². The Kier molecular flexibility index (Phi) is 5.00. The van der Waals surface area contributed by atoms with Crippen LogP contribution in [0.15, 0.2) is 42.7 Å². The second-order valence-corrected chi connectivity index (χ2v) is 7.78. The van der Waals surface area contributed by atoms with Gasteiger partial charge in [0.2, 0.25) is 5.88 Å². The molecule has 1 amide bonds. The number of nitrogens with zero attached hydrogens (tertiary/aromatic N) is 4. The molecule has 4 bridgehead atoms. The van der Waals surface area contributed by atoms with Crippen molar-refractivity contribution in [1.82, 2.24) is 19.5 Å². The molecule has 4 rings (SSSR count). The van der Waals surface area contributed by atoms with E-state index in [0.717, 1.165) is 16.9 Å².